The van der Waals surface area contributed by atoms with E-state index in [0.29, 0.717) is 55.0 Å². The molecule has 210 valence electrons. The third kappa shape index (κ3) is 6.04. The minimum atomic E-state index is -3.70. The van der Waals surface area contributed by atoms with Crippen LogP contribution in [0.15, 0.2) is 41.3 Å². The van der Waals surface area contributed by atoms with Crippen molar-refractivity contribution in [3.63, 3.8) is 0 Å². The standard InChI is InChI=1S/C27H34N4O6S2/c1-18-16-30(17-19(2)37-18)39(33,34)21-8-6-20(7-9-21)26(32)31(11-5-10-29(3)4)27-28-22-14-23-24(15-25(22)38-27)36-13-12-35-23/h6-9,14-15,18-19H,5,10-13,16-17H2,1-4H3/t18-,19-/m0/s1. The lowest BCUT2D eigenvalue weighted by Gasteiger charge is -2.34. The zero-order chi connectivity index (χ0) is 27.7. The van der Waals surface area contributed by atoms with Crippen LogP contribution in [0.1, 0.15) is 30.6 Å². The number of anilines is 1. The van der Waals surface area contributed by atoms with Crippen molar-refractivity contribution in [1.29, 1.82) is 0 Å². The number of nitrogens with zero attached hydrogens (tertiary/aromatic N) is 4. The molecular weight excluding hydrogens is 540 g/mol. The average Bonchev–Trinajstić information content (AvgIpc) is 3.31. The van der Waals surface area contributed by atoms with Gasteiger partial charge in [-0.3, -0.25) is 9.69 Å². The molecule has 1 amide bonds. The van der Waals surface area contributed by atoms with Crippen molar-refractivity contribution in [2.45, 2.75) is 37.4 Å². The molecular formula is C27H34N4O6S2. The number of aromatic nitrogens is 1. The Morgan fingerprint density at radius 3 is 2.31 bits per heavy atom. The molecule has 0 radical (unpaired) electrons. The fourth-order valence-electron chi connectivity index (χ4n) is 4.80. The maximum Gasteiger partial charge on any atom is 0.260 e. The van der Waals surface area contributed by atoms with Gasteiger partial charge in [-0.2, -0.15) is 4.31 Å². The molecule has 3 heterocycles. The van der Waals surface area contributed by atoms with E-state index in [1.54, 1.807) is 17.0 Å². The van der Waals surface area contributed by atoms with Gasteiger partial charge in [-0.05, 0) is 65.2 Å². The summed E-state index contributed by atoms with van der Waals surface area (Å²) in [6.45, 7) is 6.57. The Hall–Kier alpha value is -2.77. The van der Waals surface area contributed by atoms with Crippen LogP contribution in [0.3, 0.4) is 0 Å². The van der Waals surface area contributed by atoms with Crippen molar-refractivity contribution in [2.24, 2.45) is 0 Å². The quantitative estimate of drug-likeness (QED) is 0.403. The Labute approximate surface area is 233 Å². The molecule has 2 aromatic carbocycles. The van der Waals surface area contributed by atoms with Gasteiger partial charge < -0.3 is 19.1 Å². The number of fused-ring (bicyclic) bond motifs is 2. The maximum atomic E-state index is 13.8. The number of hydrogen-bond donors (Lipinski definition) is 0. The van der Waals surface area contributed by atoms with E-state index in [1.165, 1.54) is 27.8 Å². The molecule has 0 bridgehead atoms. The summed E-state index contributed by atoms with van der Waals surface area (Å²) in [5.41, 5.74) is 1.13. The normalized spacial score (nSPS) is 19.9. The fourth-order valence-corrected chi connectivity index (χ4v) is 7.39. The van der Waals surface area contributed by atoms with E-state index < -0.39 is 10.0 Å². The number of thiazole rings is 1. The molecule has 0 saturated carbocycles. The van der Waals surface area contributed by atoms with Crippen molar-refractivity contribution >= 4 is 42.6 Å². The lowest BCUT2D eigenvalue weighted by Crippen LogP contribution is -2.48. The summed E-state index contributed by atoms with van der Waals surface area (Å²) in [5.74, 6) is 1.09. The average molecular weight is 575 g/mol. The molecule has 1 aromatic heterocycles. The Kier molecular flexibility index (Phi) is 8.11. The highest BCUT2D eigenvalue weighted by atomic mass is 32.2. The number of benzene rings is 2. The van der Waals surface area contributed by atoms with Crippen molar-refractivity contribution < 1.29 is 27.4 Å². The highest BCUT2D eigenvalue weighted by Gasteiger charge is 2.32. The summed E-state index contributed by atoms with van der Waals surface area (Å²) >= 11 is 1.42. The van der Waals surface area contributed by atoms with Gasteiger partial charge in [0.1, 0.15) is 13.2 Å². The maximum absolute atomic E-state index is 13.8. The molecule has 2 aliphatic rings. The number of amides is 1. The van der Waals surface area contributed by atoms with Gasteiger partial charge in [0, 0.05) is 37.3 Å². The molecule has 12 heteroatoms. The summed E-state index contributed by atoms with van der Waals surface area (Å²) in [6, 6.07) is 9.92. The van der Waals surface area contributed by atoms with Gasteiger partial charge in [0.15, 0.2) is 16.6 Å². The van der Waals surface area contributed by atoms with Gasteiger partial charge in [-0.1, -0.05) is 11.3 Å². The van der Waals surface area contributed by atoms with E-state index in [4.69, 9.17) is 19.2 Å². The predicted octanol–water partition coefficient (Wildman–Crippen LogP) is 3.46. The number of sulfonamides is 1. The van der Waals surface area contributed by atoms with Crippen LogP contribution in [0, 0.1) is 0 Å². The fraction of sp³-hybridized carbons (Fsp3) is 0.481. The zero-order valence-electron chi connectivity index (χ0n) is 22.6. The number of hydrogen-bond acceptors (Lipinski definition) is 9. The van der Waals surface area contributed by atoms with Gasteiger partial charge in [0.25, 0.3) is 5.91 Å². The van der Waals surface area contributed by atoms with E-state index in [0.717, 1.165) is 23.2 Å². The summed E-state index contributed by atoms with van der Waals surface area (Å²) in [5, 5.41) is 0.573. The van der Waals surface area contributed by atoms with E-state index in [2.05, 4.69) is 4.90 Å². The largest absolute Gasteiger partial charge is 0.486 e. The Bertz CT molecular complexity index is 1390. The van der Waals surface area contributed by atoms with Gasteiger partial charge in [-0.15, -0.1) is 0 Å². The van der Waals surface area contributed by atoms with Crippen molar-refractivity contribution in [3.8, 4) is 11.5 Å². The molecule has 39 heavy (non-hydrogen) atoms. The van der Waals surface area contributed by atoms with E-state index >= 15 is 0 Å². The predicted molar refractivity (Wildman–Crippen MR) is 151 cm³/mol. The third-order valence-corrected chi connectivity index (χ3v) is 9.52. The molecule has 5 rings (SSSR count). The van der Waals surface area contributed by atoms with E-state index in [-0.39, 0.29) is 23.0 Å². The van der Waals surface area contributed by atoms with Crippen LogP contribution < -0.4 is 14.4 Å². The van der Waals surface area contributed by atoms with Crippen LogP contribution in [0.4, 0.5) is 5.13 Å². The van der Waals surface area contributed by atoms with Crippen molar-refractivity contribution in [1.82, 2.24) is 14.2 Å². The lowest BCUT2D eigenvalue weighted by atomic mass is 10.2. The summed E-state index contributed by atoms with van der Waals surface area (Å²) < 4.78 is 46.0. The molecule has 2 aliphatic heterocycles. The first kappa shape index (κ1) is 27.8. The number of morpholine rings is 1. The van der Waals surface area contributed by atoms with Crippen LogP contribution in [0.25, 0.3) is 10.2 Å². The smallest absolute Gasteiger partial charge is 0.260 e. The molecule has 2 atom stereocenters. The van der Waals surface area contributed by atoms with Crippen LogP contribution in [-0.4, -0.2) is 94.2 Å². The molecule has 0 aliphatic carbocycles. The highest BCUT2D eigenvalue weighted by molar-refractivity contribution is 7.89. The van der Waals surface area contributed by atoms with Crippen LogP contribution in [0.2, 0.25) is 0 Å². The highest BCUT2D eigenvalue weighted by Crippen LogP contribution is 2.39. The second kappa shape index (κ2) is 11.4. The van der Waals surface area contributed by atoms with Crippen molar-refractivity contribution in [3.05, 3.63) is 42.0 Å². The second-order valence-corrected chi connectivity index (χ2v) is 13.1. The molecule has 10 nitrogen and oxygen atoms in total. The number of rotatable bonds is 8. The van der Waals surface area contributed by atoms with Gasteiger partial charge >= 0.3 is 0 Å². The lowest BCUT2D eigenvalue weighted by molar-refractivity contribution is -0.0440. The van der Waals surface area contributed by atoms with Gasteiger partial charge in [0.05, 0.1) is 27.3 Å². The minimum Gasteiger partial charge on any atom is -0.486 e. The summed E-state index contributed by atoms with van der Waals surface area (Å²) in [4.78, 5) is 22.4. The van der Waals surface area contributed by atoms with E-state index in [1.807, 2.05) is 40.1 Å². The monoisotopic (exact) mass is 574 g/mol. The van der Waals surface area contributed by atoms with Gasteiger partial charge in [-0.25, -0.2) is 13.4 Å². The van der Waals surface area contributed by atoms with Crippen molar-refractivity contribution in [2.75, 3.05) is 58.4 Å². The SMILES string of the molecule is C[C@H]1CN(S(=O)(=O)c2ccc(C(=O)N(CCCN(C)C)c3nc4cc5c(cc4s3)OCCO5)cc2)C[C@H](C)O1. The first-order valence-corrected chi connectivity index (χ1v) is 15.3. The van der Waals surface area contributed by atoms with Crippen LogP contribution in [-0.2, 0) is 14.8 Å². The number of carbonyl (C=O) groups excluding carboxylic acids is 1. The minimum absolute atomic E-state index is 0.157. The van der Waals surface area contributed by atoms with E-state index in [9.17, 15) is 13.2 Å². The topological polar surface area (TPSA) is 102 Å². The Morgan fingerprint density at radius 1 is 1.03 bits per heavy atom. The molecule has 0 N–H and O–H groups in total. The summed E-state index contributed by atoms with van der Waals surface area (Å²) in [6.07, 6.45) is 0.382. The first-order chi connectivity index (χ1) is 18.6. The Balaban J connectivity index is 1.41. The molecule has 0 spiro atoms. The Morgan fingerprint density at radius 2 is 1.67 bits per heavy atom. The number of carbonyl (C=O) groups is 1. The van der Waals surface area contributed by atoms with Gasteiger partial charge in [0.2, 0.25) is 10.0 Å². The molecule has 3 aromatic rings. The summed E-state index contributed by atoms with van der Waals surface area (Å²) in [7, 11) is 0.276. The molecule has 0 unspecified atom stereocenters. The first-order valence-electron chi connectivity index (χ1n) is 13.0. The molecule has 1 fully saturated rings. The van der Waals surface area contributed by atoms with Crippen LogP contribution >= 0.6 is 11.3 Å². The zero-order valence-corrected chi connectivity index (χ0v) is 24.3. The number of ether oxygens (including phenoxy) is 3. The third-order valence-electron chi connectivity index (χ3n) is 6.63. The molecule has 1 saturated heterocycles. The van der Waals surface area contributed by atoms with Crippen LogP contribution in [0.5, 0.6) is 11.5 Å². The second-order valence-electron chi connectivity index (χ2n) is 10.2.